The largest absolute Gasteiger partial charge is 0.456 e. The van der Waals surface area contributed by atoms with Gasteiger partial charge in [-0.05, 0) is 106 Å². The second-order valence-electron chi connectivity index (χ2n) is 16.0. The smallest absolute Gasteiger partial charge is 0.143 e. The standard InChI is InChI=1S/C58H35NO3/c1-2-13-45-36(11-1)27-33-46-49-35-39(28-34-53(49)62-58(45)46)42-12-3-6-18-50(42)59(40-29-23-37(24-30-40)43-16-9-21-54-56(43)47-14-4-7-19-51(47)60-54)41-31-25-38(26-32-41)44-17-10-22-55-57(44)48-15-5-8-20-52(48)61-55/h1-35H. The molecule has 0 bridgehead atoms. The number of nitrogens with zero attached hydrogens (tertiary/aromatic N) is 1. The minimum Gasteiger partial charge on any atom is -0.456 e. The fourth-order valence-corrected chi connectivity index (χ4v) is 9.62. The van der Waals surface area contributed by atoms with E-state index in [0.29, 0.717) is 0 Å². The number of anilines is 3. The first-order valence-corrected chi connectivity index (χ1v) is 21.0. The van der Waals surface area contributed by atoms with Crippen LogP contribution in [0.5, 0.6) is 0 Å². The van der Waals surface area contributed by atoms with Gasteiger partial charge in [-0.1, -0.05) is 140 Å². The molecule has 0 N–H and O–H groups in total. The Labute approximate surface area is 356 Å². The van der Waals surface area contributed by atoms with Gasteiger partial charge in [0.15, 0.2) is 0 Å². The van der Waals surface area contributed by atoms with Gasteiger partial charge in [0.05, 0.1) is 5.69 Å². The molecule has 0 amide bonds. The van der Waals surface area contributed by atoms with E-state index in [4.69, 9.17) is 13.3 Å². The Bertz CT molecular complexity index is 3710. The van der Waals surface area contributed by atoms with Gasteiger partial charge < -0.3 is 18.2 Å². The molecule has 0 spiro atoms. The van der Waals surface area contributed by atoms with E-state index in [0.717, 1.165) is 122 Å². The van der Waals surface area contributed by atoms with E-state index in [1.807, 2.05) is 24.3 Å². The Morgan fingerprint density at radius 2 is 0.790 bits per heavy atom. The minimum absolute atomic E-state index is 0.876. The maximum absolute atomic E-state index is 6.54. The molecule has 4 heteroatoms. The van der Waals surface area contributed by atoms with Crippen LogP contribution in [0.1, 0.15) is 0 Å². The number of furan rings is 3. The average Bonchev–Trinajstić information content (AvgIpc) is 4.04. The Morgan fingerprint density at radius 1 is 0.290 bits per heavy atom. The molecular formula is C58H35NO3. The lowest BCUT2D eigenvalue weighted by Crippen LogP contribution is -2.11. The average molecular weight is 794 g/mol. The summed E-state index contributed by atoms with van der Waals surface area (Å²) in [5.74, 6) is 0. The lowest BCUT2D eigenvalue weighted by atomic mass is 9.97. The summed E-state index contributed by atoms with van der Waals surface area (Å²) in [5.41, 5.74) is 15.3. The molecule has 0 radical (unpaired) electrons. The van der Waals surface area contributed by atoms with Gasteiger partial charge in [0.2, 0.25) is 0 Å². The second-order valence-corrected chi connectivity index (χ2v) is 16.0. The molecule has 290 valence electrons. The number of para-hydroxylation sites is 3. The summed E-state index contributed by atoms with van der Waals surface area (Å²) < 4.78 is 19.1. The number of benzene rings is 10. The molecule has 0 saturated carbocycles. The second kappa shape index (κ2) is 13.6. The van der Waals surface area contributed by atoms with Crippen LogP contribution < -0.4 is 4.90 Å². The first-order valence-electron chi connectivity index (χ1n) is 21.0. The van der Waals surface area contributed by atoms with Crippen LogP contribution in [-0.2, 0) is 0 Å². The monoisotopic (exact) mass is 793 g/mol. The van der Waals surface area contributed by atoms with Gasteiger partial charge in [0, 0.05) is 54.6 Å². The van der Waals surface area contributed by atoms with Crippen LogP contribution in [0.25, 0.3) is 110 Å². The summed E-state index contributed by atoms with van der Waals surface area (Å²) in [6.45, 7) is 0. The van der Waals surface area contributed by atoms with Gasteiger partial charge in [0.25, 0.3) is 0 Å². The van der Waals surface area contributed by atoms with Crippen molar-refractivity contribution < 1.29 is 13.3 Å². The van der Waals surface area contributed by atoms with Crippen molar-refractivity contribution >= 4 is 93.7 Å². The maximum Gasteiger partial charge on any atom is 0.143 e. The molecule has 0 fully saturated rings. The lowest BCUT2D eigenvalue weighted by Gasteiger charge is -2.28. The molecule has 10 aromatic carbocycles. The van der Waals surface area contributed by atoms with Crippen molar-refractivity contribution in [3.8, 4) is 33.4 Å². The van der Waals surface area contributed by atoms with Crippen molar-refractivity contribution in [2.75, 3.05) is 4.90 Å². The molecule has 3 aromatic heterocycles. The fraction of sp³-hybridized carbons (Fsp3) is 0. The van der Waals surface area contributed by atoms with Crippen LogP contribution in [0.3, 0.4) is 0 Å². The molecule has 0 unspecified atom stereocenters. The van der Waals surface area contributed by atoms with Gasteiger partial charge in [0.1, 0.15) is 33.5 Å². The van der Waals surface area contributed by atoms with E-state index >= 15 is 0 Å². The molecular weight excluding hydrogens is 759 g/mol. The van der Waals surface area contributed by atoms with Crippen LogP contribution >= 0.6 is 0 Å². The molecule has 0 aliphatic carbocycles. The summed E-state index contributed by atoms with van der Waals surface area (Å²) in [6, 6.07) is 75.1. The van der Waals surface area contributed by atoms with Gasteiger partial charge >= 0.3 is 0 Å². The first-order chi connectivity index (χ1) is 30.7. The van der Waals surface area contributed by atoms with E-state index < -0.39 is 0 Å². The Hall–Kier alpha value is -8.34. The fourth-order valence-electron chi connectivity index (χ4n) is 9.62. The molecule has 13 aromatic rings. The zero-order valence-electron chi connectivity index (χ0n) is 33.4. The number of rotatable bonds is 6. The highest BCUT2D eigenvalue weighted by atomic mass is 16.3. The summed E-state index contributed by atoms with van der Waals surface area (Å²) in [4.78, 5) is 2.37. The molecule has 0 atom stereocenters. The quantitative estimate of drug-likeness (QED) is 0.168. The summed E-state index contributed by atoms with van der Waals surface area (Å²) in [6.07, 6.45) is 0. The van der Waals surface area contributed by atoms with E-state index in [9.17, 15) is 0 Å². The topological polar surface area (TPSA) is 42.7 Å². The Morgan fingerprint density at radius 3 is 1.44 bits per heavy atom. The predicted molar refractivity (Wildman–Crippen MR) is 257 cm³/mol. The highest BCUT2D eigenvalue weighted by molar-refractivity contribution is 6.16. The van der Waals surface area contributed by atoms with E-state index in [1.54, 1.807) is 0 Å². The van der Waals surface area contributed by atoms with Crippen LogP contribution in [0.15, 0.2) is 226 Å². The van der Waals surface area contributed by atoms with Crippen molar-refractivity contribution in [1.29, 1.82) is 0 Å². The number of hydrogen-bond donors (Lipinski definition) is 0. The van der Waals surface area contributed by atoms with Crippen LogP contribution in [0.4, 0.5) is 17.1 Å². The van der Waals surface area contributed by atoms with Crippen molar-refractivity contribution in [3.63, 3.8) is 0 Å². The SMILES string of the molecule is c1ccc(N(c2ccc(-c3cccc4oc5ccccc5c34)cc2)c2ccc(-c3cccc4oc5ccccc5c34)cc2)c(-c2ccc3oc4c5ccccc5ccc4c3c2)c1. The van der Waals surface area contributed by atoms with Crippen LogP contribution in [0, 0.1) is 0 Å². The molecule has 0 saturated heterocycles. The molecule has 13 rings (SSSR count). The van der Waals surface area contributed by atoms with Crippen LogP contribution in [0.2, 0.25) is 0 Å². The third-order valence-electron chi connectivity index (χ3n) is 12.5. The van der Waals surface area contributed by atoms with Crippen molar-refractivity contribution in [2.24, 2.45) is 0 Å². The van der Waals surface area contributed by atoms with Gasteiger partial charge in [-0.15, -0.1) is 0 Å². The molecule has 4 nitrogen and oxygen atoms in total. The number of fused-ring (bicyclic) bond motifs is 11. The van der Waals surface area contributed by atoms with Crippen molar-refractivity contribution in [1.82, 2.24) is 0 Å². The predicted octanol–water partition coefficient (Wildman–Crippen LogP) is 17.0. The molecule has 0 aliphatic heterocycles. The summed E-state index contributed by atoms with van der Waals surface area (Å²) in [5, 5.41) is 8.99. The molecule has 3 heterocycles. The minimum atomic E-state index is 0.876. The lowest BCUT2D eigenvalue weighted by molar-refractivity contribution is 0.668. The summed E-state index contributed by atoms with van der Waals surface area (Å²) >= 11 is 0. The normalized spacial score (nSPS) is 11.9. The summed E-state index contributed by atoms with van der Waals surface area (Å²) in [7, 11) is 0. The number of hydrogen-bond acceptors (Lipinski definition) is 4. The van der Waals surface area contributed by atoms with Crippen molar-refractivity contribution in [2.45, 2.75) is 0 Å². The Balaban J connectivity index is 0.970. The van der Waals surface area contributed by atoms with Crippen molar-refractivity contribution in [3.05, 3.63) is 212 Å². The maximum atomic E-state index is 6.54. The zero-order valence-corrected chi connectivity index (χ0v) is 33.4. The van der Waals surface area contributed by atoms with E-state index in [1.165, 1.54) is 5.39 Å². The third-order valence-corrected chi connectivity index (χ3v) is 12.5. The van der Waals surface area contributed by atoms with E-state index in [2.05, 4.69) is 193 Å². The van der Waals surface area contributed by atoms with Gasteiger partial charge in [-0.25, -0.2) is 0 Å². The zero-order chi connectivity index (χ0) is 40.7. The third kappa shape index (κ3) is 5.33. The van der Waals surface area contributed by atoms with Gasteiger partial charge in [-0.2, -0.15) is 0 Å². The highest BCUT2D eigenvalue weighted by Crippen LogP contribution is 2.45. The highest BCUT2D eigenvalue weighted by Gasteiger charge is 2.21. The van der Waals surface area contributed by atoms with E-state index in [-0.39, 0.29) is 0 Å². The molecule has 0 aliphatic rings. The molecule has 62 heavy (non-hydrogen) atoms. The Kier molecular flexibility index (Phi) is 7.57. The first kappa shape index (κ1) is 34.5. The van der Waals surface area contributed by atoms with Gasteiger partial charge in [-0.3, -0.25) is 0 Å². The van der Waals surface area contributed by atoms with Crippen LogP contribution in [-0.4, -0.2) is 0 Å².